The number of nitrogens with one attached hydrogen (secondary N) is 2. The molecule has 0 atom stereocenters. The van der Waals surface area contributed by atoms with Crippen LogP contribution < -0.4 is 26.8 Å². The van der Waals surface area contributed by atoms with Crippen molar-refractivity contribution in [3.63, 3.8) is 0 Å². The number of H-pyrrole nitrogens is 1. The number of amides is 1. The van der Waals surface area contributed by atoms with E-state index in [1.807, 2.05) is 13.8 Å². The second-order valence-electron chi connectivity index (χ2n) is 7.74. The average Bonchev–Trinajstić information content (AvgIpc) is 2.63. The van der Waals surface area contributed by atoms with Crippen LogP contribution in [0.3, 0.4) is 0 Å². The quantitative estimate of drug-likeness (QED) is 0.597. The first kappa shape index (κ1) is 22.2. The maximum absolute atomic E-state index is 13.2. The molecule has 1 aromatic heterocycles. The lowest BCUT2D eigenvalue weighted by molar-refractivity contribution is -0.892. The molecule has 8 heteroatoms. The van der Waals surface area contributed by atoms with Crippen molar-refractivity contribution in [1.82, 2.24) is 9.55 Å². The molecule has 28 heavy (non-hydrogen) atoms. The van der Waals surface area contributed by atoms with Crippen molar-refractivity contribution >= 4 is 17.4 Å². The van der Waals surface area contributed by atoms with E-state index < -0.39 is 11.2 Å². The number of quaternary nitrogens is 1. The molecule has 2 heterocycles. The van der Waals surface area contributed by atoms with Gasteiger partial charge in [-0.3, -0.25) is 24.0 Å². The molecule has 0 spiro atoms. The van der Waals surface area contributed by atoms with Gasteiger partial charge in [0.1, 0.15) is 5.82 Å². The number of hydrogen-bond donors (Lipinski definition) is 3. The molecule has 8 nitrogen and oxygen atoms in total. The van der Waals surface area contributed by atoms with Crippen LogP contribution in [-0.4, -0.2) is 41.6 Å². The molecule has 4 N–H and O–H groups in total. The first-order chi connectivity index (χ1) is 13.5. The summed E-state index contributed by atoms with van der Waals surface area (Å²) in [5.74, 6) is -0.00867. The number of anilines is 2. The van der Waals surface area contributed by atoms with Crippen molar-refractivity contribution in [3.05, 3.63) is 20.8 Å². The predicted molar refractivity (Wildman–Crippen MR) is 112 cm³/mol. The van der Waals surface area contributed by atoms with Gasteiger partial charge in [0.2, 0.25) is 0 Å². The summed E-state index contributed by atoms with van der Waals surface area (Å²) < 4.78 is 1.35. The van der Waals surface area contributed by atoms with Gasteiger partial charge in [0.05, 0.1) is 13.1 Å². The fourth-order valence-electron chi connectivity index (χ4n) is 3.85. The van der Waals surface area contributed by atoms with E-state index in [-0.39, 0.29) is 17.4 Å². The van der Waals surface area contributed by atoms with E-state index in [9.17, 15) is 14.4 Å². The van der Waals surface area contributed by atoms with Crippen LogP contribution in [0.15, 0.2) is 9.59 Å². The van der Waals surface area contributed by atoms with Crippen molar-refractivity contribution in [3.8, 4) is 0 Å². The molecule has 0 saturated carbocycles. The zero-order valence-corrected chi connectivity index (χ0v) is 17.4. The first-order valence-electron chi connectivity index (χ1n) is 10.8. The van der Waals surface area contributed by atoms with Crippen LogP contribution >= 0.6 is 0 Å². The van der Waals surface area contributed by atoms with Crippen molar-refractivity contribution in [2.45, 2.75) is 71.8 Å². The predicted octanol–water partition coefficient (Wildman–Crippen LogP) is 0.511. The molecule has 1 aromatic rings. The smallest absolute Gasteiger partial charge is 0.330 e. The largest absolute Gasteiger partial charge is 0.383 e. The molecule has 1 amide bonds. The number of likely N-dealkylation sites (tertiary alicyclic amines) is 1. The highest BCUT2D eigenvalue weighted by Crippen LogP contribution is 2.17. The van der Waals surface area contributed by atoms with Crippen molar-refractivity contribution in [2.24, 2.45) is 0 Å². The normalized spacial score (nSPS) is 15.8. The van der Waals surface area contributed by atoms with E-state index in [1.54, 1.807) is 0 Å². The summed E-state index contributed by atoms with van der Waals surface area (Å²) in [5.41, 5.74) is 5.22. The Labute approximate surface area is 166 Å². The molecular weight excluding hydrogens is 358 g/mol. The monoisotopic (exact) mass is 394 g/mol. The van der Waals surface area contributed by atoms with Crippen LogP contribution in [0, 0.1) is 0 Å². The summed E-state index contributed by atoms with van der Waals surface area (Å²) in [5, 5.41) is 0. The molecule has 0 bridgehead atoms. The fourth-order valence-corrected chi connectivity index (χ4v) is 3.85. The number of aromatic amines is 1. The summed E-state index contributed by atoms with van der Waals surface area (Å²) >= 11 is 0. The number of nitrogens with two attached hydrogens (primary N) is 1. The van der Waals surface area contributed by atoms with Crippen LogP contribution in [0.2, 0.25) is 0 Å². The van der Waals surface area contributed by atoms with Crippen molar-refractivity contribution < 1.29 is 9.69 Å². The number of hydrogen-bond acceptors (Lipinski definition) is 4. The van der Waals surface area contributed by atoms with E-state index in [4.69, 9.17) is 5.73 Å². The highest BCUT2D eigenvalue weighted by molar-refractivity contribution is 5.96. The Morgan fingerprint density at radius 3 is 2.36 bits per heavy atom. The minimum atomic E-state index is -0.582. The van der Waals surface area contributed by atoms with Gasteiger partial charge < -0.3 is 10.6 Å². The van der Waals surface area contributed by atoms with Crippen molar-refractivity contribution in [1.29, 1.82) is 0 Å². The number of aromatic nitrogens is 2. The fraction of sp³-hybridized carbons (Fsp3) is 0.750. The van der Waals surface area contributed by atoms with Gasteiger partial charge in [0.15, 0.2) is 12.2 Å². The number of carbonyl (C=O) groups excluding carboxylic acids is 1. The highest BCUT2D eigenvalue weighted by Gasteiger charge is 2.27. The topological polar surface area (TPSA) is 106 Å². The second kappa shape index (κ2) is 11.0. The Balaban J connectivity index is 2.32. The maximum Gasteiger partial charge on any atom is 0.330 e. The molecule has 0 aromatic carbocycles. The standard InChI is InChI=1S/C20H35N5O3/c1-3-5-14-24(16(26)15-23-12-9-7-6-8-10-13-23)17-18(21)25(11-4-2)20(28)22-19(17)27/h3-15,21H2,1-2H3,(H,22,27,28)/p+1. The van der Waals surface area contributed by atoms with E-state index in [2.05, 4.69) is 4.98 Å². The summed E-state index contributed by atoms with van der Waals surface area (Å²) in [6.45, 7) is 7.13. The Kier molecular flexibility index (Phi) is 8.76. The number of nitrogens with zero attached hydrogens (tertiary/aromatic N) is 2. The number of carbonyl (C=O) groups is 1. The van der Waals surface area contributed by atoms with Gasteiger partial charge in [-0.05, 0) is 38.5 Å². The average molecular weight is 395 g/mol. The third kappa shape index (κ3) is 5.70. The van der Waals surface area contributed by atoms with Gasteiger partial charge >= 0.3 is 5.69 Å². The molecule has 1 saturated heterocycles. The van der Waals surface area contributed by atoms with Gasteiger partial charge in [-0.25, -0.2) is 4.79 Å². The van der Waals surface area contributed by atoms with Crippen LogP contribution in [0.25, 0.3) is 0 Å². The summed E-state index contributed by atoms with van der Waals surface area (Å²) in [4.78, 5) is 43.0. The van der Waals surface area contributed by atoms with E-state index in [0.29, 0.717) is 26.1 Å². The van der Waals surface area contributed by atoms with Crippen LogP contribution in [0.5, 0.6) is 0 Å². The molecule has 0 radical (unpaired) electrons. The molecule has 0 aliphatic carbocycles. The van der Waals surface area contributed by atoms with E-state index in [1.165, 1.54) is 33.6 Å². The lowest BCUT2D eigenvalue weighted by atomic mass is 10.1. The molecule has 0 unspecified atom stereocenters. The Hall–Kier alpha value is -2.09. The van der Waals surface area contributed by atoms with Crippen LogP contribution in [0.1, 0.15) is 65.2 Å². The zero-order chi connectivity index (χ0) is 20.5. The second-order valence-corrected chi connectivity index (χ2v) is 7.74. The lowest BCUT2D eigenvalue weighted by Gasteiger charge is -2.27. The Morgan fingerprint density at radius 1 is 1.11 bits per heavy atom. The minimum absolute atomic E-state index is 0.0859. The molecule has 1 fully saturated rings. The van der Waals surface area contributed by atoms with E-state index >= 15 is 0 Å². The lowest BCUT2D eigenvalue weighted by Crippen LogP contribution is -3.13. The molecule has 2 rings (SSSR count). The third-order valence-electron chi connectivity index (χ3n) is 5.43. The van der Waals surface area contributed by atoms with Crippen LogP contribution in [-0.2, 0) is 11.3 Å². The Bertz CT molecular complexity index is 747. The summed E-state index contributed by atoms with van der Waals surface area (Å²) in [6.07, 6.45) is 8.33. The van der Waals surface area contributed by atoms with E-state index in [0.717, 1.165) is 38.8 Å². The van der Waals surface area contributed by atoms with Gasteiger partial charge in [0.25, 0.3) is 11.5 Å². The summed E-state index contributed by atoms with van der Waals surface area (Å²) in [6, 6.07) is 0. The molecule has 1 aliphatic rings. The molecular formula is C20H36N5O3+. The van der Waals surface area contributed by atoms with Gasteiger partial charge in [-0.2, -0.15) is 0 Å². The zero-order valence-electron chi connectivity index (χ0n) is 17.4. The number of unbranched alkanes of at least 4 members (excludes halogenated alkanes) is 1. The van der Waals surface area contributed by atoms with Gasteiger partial charge in [0, 0.05) is 13.1 Å². The first-order valence-corrected chi connectivity index (χ1v) is 10.8. The number of nitrogen functional groups attached to an aromatic ring is 1. The Morgan fingerprint density at radius 2 is 1.75 bits per heavy atom. The maximum atomic E-state index is 13.2. The number of rotatable bonds is 8. The van der Waals surface area contributed by atoms with Crippen LogP contribution in [0.4, 0.5) is 11.5 Å². The summed E-state index contributed by atoms with van der Waals surface area (Å²) in [7, 11) is 0. The molecule has 1 aliphatic heterocycles. The third-order valence-corrected chi connectivity index (χ3v) is 5.43. The van der Waals surface area contributed by atoms with Crippen molar-refractivity contribution in [2.75, 3.05) is 36.8 Å². The molecule has 158 valence electrons. The van der Waals surface area contributed by atoms with Gasteiger partial charge in [-0.1, -0.05) is 26.7 Å². The SMILES string of the molecule is CCCCN(C(=O)C[NH+]1CCCCCCC1)c1c(N)n(CCC)c(=O)[nH]c1=O. The minimum Gasteiger partial charge on any atom is -0.383 e. The highest BCUT2D eigenvalue weighted by atomic mass is 16.2. The van der Waals surface area contributed by atoms with Gasteiger partial charge in [-0.15, -0.1) is 0 Å².